The molecule has 0 saturated heterocycles. The van der Waals surface area contributed by atoms with E-state index in [4.69, 9.17) is 0 Å². The van der Waals surface area contributed by atoms with Crippen LogP contribution < -0.4 is 10.6 Å². The zero-order valence-corrected chi connectivity index (χ0v) is 16.5. The van der Waals surface area contributed by atoms with E-state index in [0.29, 0.717) is 11.2 Å². The van der Waals surface area contributed by atoms with E-state index in [-0.39, 0.29) is 29.9 Å². The fourth-order valence-electron chi connectivity index (χ4n) is 3.13. The molecule has 3 aromatic heterocycles. The van der Waals surface area contributed by atoms with Crippen LogP contribution in [-0.2, 0) is 13.0 Å². The van der Waals surface area contributed by atoms with E-state index in [0.717, 1.165) is 12.1 Å². The second-order valence-electron chi connectivity index (χ2n) is 6.75. The fraction of sp³-hybridized carbons (Fsp3) is 0.130. The Hall–Kier alpha value is -4.00. The van der Waals surface area contributed by atoms with Crippen LogP contribution in [0.5, 0.6) is 0 Å². The molecule has 0 bridgehead atoms. The first-order valence-electron chi connectivity index (χ1n) is 9.71. The number of nitrogens with one attached hydrogen (secondary N) is 2. The molecule has 0 atom stereocenters. The lowest BCUT2D eigenvalue weighted by molar-refractivity contribution is 0.0947. The average molecular weight is 399 g/mol. The molecule has 0 aliphatic carbocycles. The van der Waals surface area contributed by atoms with Gasteiger partial charge in [-0.1, -0.05) is 31.2 Å². The van der Waals surface area contributed by atoms with Crippen molar-refractivity contribution >= 4 is 23.0 Å². The highest BCUT2D eigenvalue weighted by atomic mass is 16.2. The van der Waals surface area contributed by atoms with Crippen molar-refractivity contribution in [1.82, 2.24) is 19.7 Å². The molecule has 0 radical (unpaired) electrons. The first-order chi connectivity index (χ1) is 14.7. The lowest BCUT2D eigenvalue weighted by atomic mass is 10.1. The van der Waals surface area contributed by atoms with Crippen LogP contribution in [0.3, 0.4) is 0 Å². The monoisotopic (exact) mass is 399 g/mol. The molecule has 0 saturated carbocycles. The molecule has 0 aliphatic heterocycles. The lowest BCUT2D eigenvalue weighted by Gasteiger charge is -2.05. The number of rotatable bonds is 6. The number of hydrogen-bond acceptors (Lipinski definition) is 4. The van der Waals surface area contributed by atoms with Crippen molar-refractivity contribution < 1.29 is 9.59 Å². The summed E-state index contributed by atoms with van der Waals surface area (Å²) in [5.41, 5.74) is 3.35. The van der Waals surface area contributed by atoms with Crippen LogP contribution >= 0.6 is 0 Å². The Morgan fingerprint density at radius 3 is 2.50 bits per heavy atom. The maximum atomic E-state index is 12.9. The highest BCUT2D eigenvalue weighted by molar-refractivity contribution is 6.06. The van der Waals surface area contributed by atoms with E-state index < -0.39 is 0 Å². The molecule has 2 amide bonds. The van der Waals surface area contributed by atoms with Crippen molar-refractivity contribution in [3.05, 3.63) is 95.8 Å². The minimum Gasteiger partial charge on any atom is -0.345 e. The van der Waals surface area contributed by atoms with E-state index in [1.165, 1.54) is 5.56 Å². The fourth-order valence-corrected chi connectivity index (χ4v) is 3.13. The van der Waals surface area contributed by atoms with Crippen LogP contribution in [-0.4, -0.2) is 26.2 Å². The van der Waals surface area contributed by atoms with Gasteiger partial charge >= 0.3 is 0 Å². The molecule has 7 heteroatoms. The molecule has 0 fully saturated rings. The Morgan fingerprint density at radius 1 is 0.967 bits per heavy atom. The topological polar surface area (TPSA) is 88.4 Å². The summed E-state index contributed by atoms with van der Waals surface area (Å²) in [5.74, 6) is -0.604. The van der Waals surface area contributed by atoms with Gasteiger partial charge in [-0.3, -0.25) is 19.0 Å². The molecule has 0 aliphatic rings. The predicted molar refractivity (Wildman–Crippen MR) is 114 cm³/mol. The second-order valence-corrected chi connectivity index (χ2v) is 6.75. The quantitative estimate of drug-likeness (QED) is 0.520. The van der Waals surface area contributed by atoms with Gasteiger partial charge in [-0.15, -0.1) is 0 Å². The maximum absolute atomic E-state index is 12.9. The standard InChI is InChI=1S/C23H21N5O2/c1-2-16-9-11-17(12-10-16)26-23(30)21-27-20(19-8-4-6-14-28(19)21)22(29)25-15-18-7-3-5-13-24-18/h3-14H,2,15H2,1H3,(H,25,29)(H,26,30). The molecule has 4 rings (SSSR count). The zero-order chi connectivity index (χ0) is 20.9. The second kappa shape index (κ2) is 8.57. The Morgan fingerprint density at radius 2 is 1.77 bits per heavy atom. The minimum atomic E-state index is -0.385. The van der Waals surface area contributed by atoms with E-state index in [1.54, 1.807) is 35.0 Å². The van der Waals surface area contributed by atoms with Gasteiger partial charge in [0.15, 0.2) is 5.69 Å². The third-order valence-electron chi connectivity index (χ3n) is 4.74. The third-order valence-corrected chi connectivity index (χ3v) is 4.74. The Kier molecular flexibility index (Phi) is 5.52. The van der Waals surface area contributed by atoms with Gasteiger partial charge in [0.25, 0.3) is 11.8 Å². The van der Waals surface area contributed by atoms with Crippen LogP contribution in [0, 0.1) is 0 Å². The number of fused-ring (bicyclic) bond motifs is 1. The van der Waals surface area contributed by atoms with E-state index in [2.05, 4.69) is 27.5 Å². The maximum Gasteiger partial charge on any atom is 0.292 e. The molecule has 7 nitrogen and oxygen atoms in total. The smallest absolute Gasteiger partial charge is 0.292 e. The van der Waals surface area contributed by atoms with Crippen LogP contribution in [0.25, 0.3) is 5.52 Å². The Bertz CT molecular complexity index is 1180. The molecule has 4 aromatic rings. The van der Waals surface area contributed by atoms with Gasteiger partial charge in [-0.25, -0.2) is 4.98 Å². The molecule has 0 unspecified atom stereocenters. The molecular formula is C23H21N5O2. The number of anilines is 1. The number of amides is 2. The Labute approximate surface area is 173 Å². The lowest BCUT2D eigenvalue weighted by Crippen LogP contribution is -2.24. The summed E-state index contributed by atoms with van der Waals surface area (Å²) < 4.78 is 1.62. The van der Waals surface area contributed by atoms with Crippen LogP contribution in [0.4, 0.5) is 5.69 Å². The molecule has 1 aromatic carbocycles. The highest BCUT2D eigenvalue weighted by Gasteiger charge is 2.21. The van der Waals surface area contributed by atoms with Crippen LogP contribution in [0.2, 0.25) is 0 Å². The third kappa shape index (κ3) is 4.05. The summed E-state index contributed by atoms with van der Waals surface area (Å²) in [7, 11) is 0. The number of hydrogen-bond donors (Lipinski definition) is 2. The number of benzene rings is 1. The van der Waals surface area contributed by atoms with Gasteiger partial charge in [0.05, 0.1) is 17.8 Å². The van der Waals surface area contributed by atoms with Crippen molar-refractivity contribution in [3.63, 3.8) is 0 Å². The normalized spacial score (nSPS) is 10.7. The van der Waals surface area contributed by atoms with E-state index >= 15 is 0 Å². The summed E-state index contributed by atoms with van der Waals surface area (Å²) in [6, 6.07) is 18.5. The van der Waals surface area contributed by atoms with Crippen molar-refractivity contribution in [1.29, 1.82) is 0 Å². The molecule has 0 spiro atoms. The van der Waals surface area contributed by atoms with Crippen molar-refractivity contribution in [2.45, 2.75) is 19.9 Å². The van der Waals surface area contributed by atoms with Gasteiger partial charge < -0.3 is 10.6 Å². The number of pyridine rings is 2. The first kappa shape index (κ1) is 19.3. The number of imidazole rings is 1. The number of carbonyl (C=O) groups excluding carboxylic acids is 2. The van der Waals surface area contributed by atoms with Gasteiger partial charge in [0.1, 0.15) is 0 Å². The van der Waals surface area contributed by atoms with Gasteiger partial charge in [-0.05, 0) is 48.4 Å². The van der Waals surface area contributed by atoms with E-state index in [1.807, 2.05) is 42.5 Å². The molecular weight excluding hydrogens is 378 g/mol. The van der Waals surface area contributed by atoms with Crippen LogP contribution in [0.1, 0.15) is 39.3 Å². The van der Waals surface area contributed by atoms with Gasteiger partial charge in [0.2, 0.25) is 5.82 Å². The van der Waals surface area contributed by atoms with Crippen molar-refractivity contribution in [2.24, 2.45) is 0 Å². The predicted octanol–water partition coefficient (Wildman–Crippen LogP) is 3.47. The van der Waals surface area contributed by atoms with Gasteiger partial charge in [0, 0.05) is 18.1 Å². The SMILES string of the molecule is CCc1ccc(NC(=O)c2nc(C(=O)NCc3ccccn3)c3ccccn23)cc1. The summed E-state index contributed by atoms with van der Waals surface area (Å²) in [5, 5.41) is 5.66. The summed E-state index contributed by atoms with van der Waals surface area (Å²) in [6.45, 7) is 2.35. The van der Waals surface area contributed by atoms with Crippen molar-refractivity contribution in [3.8, 4) is 0 Å². The minimum absolute atomic E-state index is 0.146. The molecule has 3 heterocycles. The first-order valence-corrected chi connectivity index (χ1v) is 9.71. The number of aryl methyl sites for hydroxylation is 1. The largest absolute Gasteiger partial charge is 0.345 e. The summed E-state index contributed by atoms with van der Waals surface area (Å²) in [4.78, 5) is 34.2. The highest BCUT2D eigenvalue weighted by Crippen LogP contribution is 2.16. The number of aromatic nitrogens is 3. The Balaban J connectivity index is 1.58. The summed E-state index contributed by atoms with van der Waals surface area (Å²) in [6.07, 6.45) is 4.31. The van der Waals surface area contributed by atoms with Gasteiger partial charge in [-0.2, -0.15) is 0 Å². The molecule has 30 heavy (non-hydrogen) atoms. The summed E-state index contributed by atoms with van der Waals surface area (Å²) >= 11 is 0. The molecule has 2 N–H and O–H groups in total. The van der Waals surface area contributed by atoms with Crippen molar-refractivity contribution in [2.75, 3.05) is 5.32 Å². The number of carbonyl (C=O) groups is 2. The molecule has 150 valence electrons. The average Bonchev–Trinajstić information content (AvgIpc) is 3.19. The number of nitrogens with zero attached hydrogens (tertiary/aromatic N) is 3. The van der Waals surface area contributed by atoms with Crippen LogP contribution in [0.15, 0.2) is 73.1 Å². The zero-order valence-electron chi connectivity index (χ0n) is 16.5. The van der Waals surface area contributed by atoms with E-state index in [9.17, 15) is 9.59 Å².